The summed E-state index contributed by atoms with van der Waals surface area (Å²) < 4.78 is 34.6. The molecule has 1 aromatic rings. The van der Waals surface area contributed by atoms with Gasteiger partial charge in [0.25, 0.3) is 0 Å². The Bertz CT molecular complexity index is 596. The van der Waals surface area contributed by atoms with Crippen LogP contribution in [-0.2, 0) is 14.6 Å². The van der Waals surface area contributed by atoms with Gasteiger partial charge < -0.3 is 9.47 Å². The Morgan fingerprint density at radius 3 is 2.10 bits per heavy atom. The highest BCUT2D eigenvalue weighted by atomic mass is 32.2. The number of Topliss-reactive ketones (excluding diaryl/α,β-unsaturated/α-hetero) is 1. The van der Waals surface area contributed by atoms with Gasteiger partial charge in [0, 0.05) is 11.5 Å². The third kappa shape index (κ3) is 3.72. The molecule has 0 aliphatic rings. The van der Waals surface area contributed by atoms with Crippen molar-refractivity contribution in [1.29, 1.82) is 0 Å². The summed E-state index contributed by atoms with van der Waals surface area (Å²) in [5.74, 6) is -0.0934. The van der Waals surface area contributed by atoms with Gasteiger partial charge in [-0.15, -0.1) is 0 Å². The Hall–Kier alpha value is -1.56. The van der Waals surface area contributed by atoms with Crippen LogP contribution in [0.5, 0.6) is 11.5 Å². The first kappa shape index (κ1) is 16.5. The average molecular weight is 300 g/mol. The number of carbonyl (C=O) groups excluding carboxylic acids is 1. The molecule has 0 fully saturated rings. The van der Waals surface area contributed by atoms with Crippen LogP contribution in [0.2, 0.25) is 0 Å². The lowest BCUT2D eigenvalue weighted by atomic mass is 9.92. The number of ketones is 1. The number of hydrogen-bond acceptors (Lipinski definition) is 5. The van der Waals surface area contributed by atoms with Gasteiger partial charge in [-0.25, -0.2) is 8.42 Å². The molecule has 112 valence electrons. The molecule has 0 heterocycles. The van der Waals surface area contributed by atoms with E-state index in [2.05, 4.69) is 0 Å². The van der Waals surface area contributed by atoms with E-state index in [0.29, 0.717) is 11.5 Å². The van der Waals surface area contributed by atoms with Crippen LogP contribution in [0.1, 0.15) is 20.8 Å². The summed E-state index contributed by atoms with van der Waals surface area (Å²) in [5.41, 5.74) is -0.691. The zero-order valence-electron chi connectivity index (χ0n) is 12.4. The summed E-state index contributed by atoms with van der Waals surface area (Å²) in [6.45, 7) is 5.08. The second kappa shape index (κ2) is 5.83. The van der Waals surface area contributed by atoms with Crippen molar-refractivity contribution >= 4 is 15.6 Å². The fourth-order valence-corrected chi connectivity index (χ4v) is 2.99. The van der Waals surface area contributed by atoms with Gasteiger partial charge in [-0.1, -0.05) is 20.8 Å². The van der Waals surface area contributed by atoms with Gasteiger partial charge in [-0.2, -0.15) is 0 Å². The highest BCUT2D eigenvalue weighted by Gasteiger charge is 2.28. The van der Waals surface area contributed by atoms with E-state index in [0.717, 1.165) is 0 Å². The van der Waals surface area contributed by atoms with Crippen LogP contribution in [0.4, 0.5) is 0 Å². The molecule has 0 bridgehead atoms. The summed E-state index contributed by atoms with van der Waals surface area (Å²) >= 11 is 0. The standard InChI is InChI=1S/C14H20O5S/c1-14(2,3)13(15)9-20(16,17)10-6-7-11(18-4)12(8-10)19-5/h6-8H,9H2,1-5H3. The molecule has 0 radical (unpaired) electrons. The summed E-state index contributed by atoms with van der Waals surface area (Å²) in [6, 6.07) is 4.28. The Morgan fingerprint density at radius 1 is 1.10 bits per heavy atom. The smallest absolute Gasteiger partial charge is 0.185 e. The summed E-state index contributed by atoms with van der Waals surface area (Å²) in [5, 5.41) is 0. The fraction of sp³-hybridized carbons (Fsp3) is 0.500. The highest BCUT2D eigenvalue weighted by Crippen LogP contribution is 2.30. The van der Waals surface area contributed by atoms with Crippen LogP contribution in [0.3, 0.4) is 0 Å². The predicted octanol–water partition coefficient (Wildman–Crippen LogP) is 2.09. The van der Waals surface area contributed by atoms with Crippen LogP contribution < -0.4 is 9.47 Å². The minimum atomic E-state index is -3.69. The van der Waals surface area contributed by atoms with Crippen molar-refractivity contribution in [2.24, 2.45) is 5.41 Å². The van der Waals surface area contributed by atoms with E-state index in [1.54, 1.807) is 20.8 Å². The van der Waals surface area contributed by atoms with Crippen molar-refractivity contribution < 1.29 is 22.7 Å². The predicted molar refractivity (Wildman–Crippen MR) is 76.1 cm³/mol. The zero-order chi connectivity index (χ0) is 15.6. The Morgan fingerprint density at radius 2 is 1.65 bits per heavy atom. The van der Waals surface area contributed by atoms with Crippen molar-refractivity contribution in [1.82, 2.24) is 0 Å². The average Bonchev–Trinajstić information content (AvgIpc) is 2.36. The molecule has 0 aromatic heterocycles. The van der Waals surface area contributed by atoms with E-state index in [9.17, 15) is 13.2 Å². The van der Waals surface area contributed by atoms with Gasteiger partial charge in [-0.05, 0) is 12.1 Å². The van der Waals surface area contributed by atoms with Crippen molar-refractivity contribution in [3.63, 3.8) is 0 Å². The number of methoxy groups -OCH3 is 2. The Labute approximate surface area is 119 Å². The maximum atomic E-state index is 12.2. The zero-order valence-corrected chi connectivity index (χ0v) is 13.2. The minimum Gasteiger partial charge on any atom is -0.493 e. The topological polar surface area (TPSA) is 69.7 Å². The number of rotatable bonds is 5. The van der Waals surface area contributed by atoms with Gasteiger partial charge in [0.15, 0.2) is 27.1 Å². The van der Waals surface area contributed by atoms with Crippen molar-refractivity contribution in [3.8, 4) is 11.5 Å². The van der Waals surface area contributed by atoms with Gasteiger partial charge >= 0.3 is 0 Å². The molecule has 0 saturated heterocycles. The molecular weight excluding hydrogens is 280 g/mol. The molecule has 0 amide bonds. The molecule has 0 aliphatic heterocycles. The van der Waals surface area contributed by atoms with Crippen molar-refractivity contribution in [3.05, 3.63) is 18.2 Å². The Kier molecular flexibility index (Phi) is 4.81. The number of sulfone groups is 1. The summed E-state index contributed by atoms with van der Waals surface area (Å²) in [6.07, 6.45) is 0. The van der Waals surface area contributed by atoms with Crippen LogP contribution in [0, 0.1) is 5.41 Å². The number of hydrogen-bond donors (Lipinski definition) is 0. The molecule has 1 aromatic carbocycles. The third-order valence-corrected chi connectivity index (χ3v) is 4.49. The van der Waals surface area contributed by atoms with Crippen LogP contribution in [0.15, 0.2) is 23.1 Å². The summed E-state index contributed by atoms with van der Waals surface area (Å²) in [4.78, 5) is 11.9. The second-order valence-corrected chi connectivity index (χ2v) is 7.44. The SMILES string of the molecule is COc1ccc(S(=O)(=O)CC(=O)C(C)(C)C)cc1OC. The van der Waals surface area contributed by atoms with Crippen LogP contribution >= 0.6 is 0 Å². The van der Waals surface area contributed by atoms with Gasteiger partial charge in [0.05, 0.1) is 19.1 Å². The maximum absolute atomic E-state index is 12.2. The molecule has 0 aliphatic carbocycles. The lowest BCUT2D eigenvalue weighted by Crippen LogP contribution is -2.28. The minimum absolute atomic E-state index is 0.0488. The number of ether oxygens (including phenoxy) is 2. The molecule has 0 saturated carbocycles. The number of carbonyl (C=O) groups is 1. The lowest BCUT2D eigenvalue weighted by molar-refractivity contribution is -0.123. The molecule has 0 spiro atoms. The van der Waals surface area contributed by atoms with E-state index in [1.807, 2.05) is 0 Å². The van der Waals surface area contributed by atoms with E-state index in [1.165, 1.54) is 32.4 Å². The monoisotopic (exact) mass is 300 g/mol. The second-order valence-electron chi connectivity index (χ2n) is 5.45. The molecule has 1 rings (SSSR count). The molecule has 0 atom stereocenters. The lowest BCUT2D eigenvalue weighted by Gasteiger charge is -2.16. The first-order chi connectivity index (χ1) is 9.11. The molecule has 20 heavy (non-hydrogen) atoms. The summed E-state index contributed by atoms with van der Waals surface area (Å²) in [7, 11) is -0.793. The van der Waals surface area contributed by atoms with Crippen LogP contribution in [-0.4, -0.2) is 34.2 Å². The first-order valence-corrected chi connectivity index (χ1v) is 7.75. The van der Waals surface area contributed by atoms with E-state index >= 15 is 0 Å². The van der Waals surface area contributed by atoms with Crippen LogP contribution in [0.25, 0.3) is 0 Å². The van der Waals surface area contributed by atoms with Crippen molar-refractivity contribution in [2.45, 2.75) is 25.7 Å². The molecule has 6 heteroatoms. The fourth-order valence-electron chi connectivity index (χ4n) is 1.48. The normalized spacial score (nSPS) is 12.1. The third-order valence-electron chi connectivity index (χ3n) is 2.87. The van der Waals surface area contributed by atoms with Gasteiger partial charge in [0.1, 0.15) is 5.75 Å². The highest BCUT2D eigenvalue weighted by molar-refractivity contribution is 7.92. The first-order valence-electron chi connectivity index (χ1n) is 6.10. The largest absolute Gasteiger partial charge is 0.493 e. The molecular formula is C14H20O5S. The molecule has 0 N–H and O–H groups in total. The van der Waals surface area contributed by atoms with Gasteiger partial charge in [0.2, 0.25) is 0 Å². The molecule has 0 unspecified atom stereocenters. The van der Waals surface area contributed by atoms with Gasteiger partial charge in [-0.3, -0.25) is 4.79 Å². The maximum Gasteiger partial charge on any atom is 0.185 e. The Balaban J connectivity index is 3.14. The quantitative estimate of drug-likeness (QED) is 0.833. The van der Waals surface area contributed by atoms with E-state index in [4.69, 9.17) is 9.47 Å². The van der Waals surface area contributed by atoms with E-state index in [-0.39, 0.29) is 10.7 Å². The molecule has 5 nitrogen and oxygen atoms in total. The number of benzene rings is 1. The van der Waals surface area contributed by atoms with Crippen molar-refractivity contribution in [2.75, 3.05) is 20.0 Å². The van der Waals surface area contributed by atoms with E-state index < -0.39 is 21.0 Å².